The highest BCUT2D eigenvalue weighted by Crippen LogP contribution is 2.37. The Morgan fingerprint density at radius 1 is 0.909 bits per heavy atom. The summed E-state index contributed by atoms with van der Waals surface area (Å²) in [5.74, 6) is 0.862. The average Bonchev–Trinajstić information content (AvgIpc) is 2.64. The molecule has 3 rings (SSSR count). The summed E-state index contributed by atoms with van der Waals surface area (Å²) in [5.41, 5.74) is 6.92. The lowest BCUT2D eigenvalue weighted by molar-refractivity contribution is 0.636. The Morgan fingerprint density at radius 2 is 1.41 bits per heavy atom. The van der Waals surface area contributed by atoms with Crippen LogP contribution in [0.3, 0.4) is 0 Å². The van der Waals surface area contributed by atoms with Gasteiger partial charge in [-0.25, -0.2) is 0 Å². The van der Waals surface area contributed by atoms with Gasteiger partial charge in [-0.2, -0.15) is 0 Å². The quantitative estimate of drug-likeness (QED) is 0.831. The maximum atomic E-state index is 10.0. The van der Waals surface area contributed by atoms with Crippen molar-refractivity contribution in [3.05, 3.63) is 76.9 Å². The van der Waals surface area contributed by atoms with E-state index in [1.165, 1.54) is 27.8 Å². The number of fused-ring (bicyclic) bond motifs is 2. The molecule has 22 heavy (non-hydrogen) atoms. The summed E-state index contributed by atoms with van der Waals surface area (Å²) in [7, 11) is -1.43. The minimum atomic E-state index is -1.43. The van der Waals surface area contributed by atoms with Crippen LogP contribution in [0.5, 0.6) is 0 Å². The molecule has 0 fully saturated rings. The number of benzene rings is 2. The topological polar surface area (TPSA) is 20.2 Å². The fourth-order valence-electron chi connectivity index (χ4n) is 3.13. The Labute approximate surface area is 135 Å². The third kappa shape index (κ3) is 3.45. The van der Waals surface area contributed by atoms with E-state index in [1.807, 2.05) is 12.5 Å². The summed E-state index contributed by atoms with van der Waals surface area (Å²) in [4.78, 5) is 0. The lowest BCUT2D eigenvalue weighted by Gasteiger charge is -2.22. The van der Waals surface area contributed by atoms with Crippen LogP contribution in [0.25, 0.3) is 5.57 Å². The lowest BCUT2D eigenvalue weighted by atomic mass is 9.93. The van der Waals surface area contributed by atoms with Crippen LogP contribution >= 0.6 is 10.3 Å². The van der Waals surface area contributed by atoms with Gasteiger partial charge in [0.2, 0.25) is 0 Å². The molecule has 1 nitrogen and oxygen atoms in total. The monoisotopic (exact) mass is 312 g/mol. The summed E-state index contributed by atoms with van der Waals surface area (Å²) in [5, 5.41) is 0. The minimum absolute atomic E-state index is 0.862. The molecule has 0 heterocycles. The first-order valence-corrected chi connectivity index (χ1v) is 10.4. The van der Waals surface area contributed by atoms with E-state index >= 15 is 0 Å². The highest BCUT2D eigenvalue weighted by molar-refractivity contribution is 8.28. The second kappa shape index (κ2) is 6.31. The van der Waals surface area contributed by atoms with E-state index in [0.29, 0.717) is 0 Å². The highest BCUT2D eigenvalue weighted by atomic mass is 32.3. The Bertz CT molecular complexity index is 645. The van der Waals surface area contributed by atoms with Crippen LogP contribution in [0.15, 0.2) is 54.6 Å². The molecule has 0 saturated carbocycles. The summed E-state index contributed by atoms with van der Waals surface area (Å²) in [6.07, 6.45) is 9.37. The second-order valence-corrected chi connectivity index (χ2v) is 9.77. The maximum Gasteiger partial charge on any atom is 0.00174 e. The molecular weight excluding hydrogens is 288 g/mol. The molecule has 1 aliphatic carbocycles. The first-order valence-electron chi connectivity index (χ1n) is 7.85. The van der Waals surface area contributed by atoms with Gasteiger partial charge in [-0.15, -0.1) is 10.3 Å². The van der Waals surface area contributed by atoms with E-state index < -0.39 is 10.3 Å². The molecule has 0 saturated heterocycles. The SMILES string of the molecule is CS(C)(O)CCC=C1c2ccccc2CCc2ccccc21. The Morgan fingerprint density at radius 3 is 1.91 bits per heavy atom. The fraction of sp³-hybridized carbons (Fsp3) is 0.300. The molecule has 0 atom stereocenters. The zero-order chi connectivity index (χ0) is 15.6. The summed E-state index contributed by atoms with van der Waals surface area (Å²) >= 11 is 0. The molecule has 1 aliphatic rings. The van der Waals surface area contributed by atoms with Crippen LogP contribution in [0.1, 0.15) is 28.7 Å². The first-order chi connectivity index (χ1) is 10.5. The first kappa shape index (κ1) is 15.4. The normalized spacial score (nSPS) is 14.8. The van der Waals surface area contributed by atoms with Gasteiger partial charge in [-0.1, -0.05) is 54.6 Å². The standard InChI is InChI=1S/C20H24OS/c1-22(2,21)15-7-12-20-18-10-5-3-8-16(18)13-14-17-9-4-6-11-19(17)20/h3-6,8-12,21H,7,13-15H2,1-2H3. The Balaban J connectivity index is 2.04. The van der Waals surface area contributed by atoms with Gasteiger partial charge in [0.15, 0.2) is 0 Å². The lowest BCUT2D eigenvalue weighted by Crippen LogP contribution is -1.99. The number of hydrogen-bond acceptors (Lipinski definition) is 1. The minimum Gasteiger partial charge on any atom is -0.352 e. The van der Waals surface area contributed by atoms with Gasteiger partial charge in [-0.3, -0.25) is 0 Å². The van der Waals surface area contributed by atoms with Crippen LogP contribution in [0.2, 0.25) is 0 Å². The van der Waals surface area contributed by atoms with Gasteiger partial charge in [0, 0.05) is 5.75 Å². The van der Waals surface area contributed by atoms with Gasteiger partial charge in [0.1, 0.15) is 0 Å². The maximum absolute atomic E-state index is 10.0. The number of allylic oxidation sites excluding steroid dienone is 1. The van der Waals surface area contributed by atoms with E-state index in [1.54, 1.807) is 0 Å². The molecule has 0 unspecified atom stereocenters. The van der Waals surface area contributed by atoms with Crippen molar-refractivity contribution in [2.45, 2.75) is 19.3 Å². The molecule has 2 aromatic rings. The second-order valence-electron chi connectivity index (χ2n) is 6.40. The fourth-order valence-corrected chi connectivity index (χ4v) is 3.82. The molecule has 0 amide bonds. The van der Waals surface area contributed by atoms with Gasteiger partial charge < -0.3 is 4.55 Å². The van der Waals surface area contributed by atoms with Crippen LogP contribution in [0.4, 0.5) is 0 Å². The Kier molecular flexibility index (Phi) is 4.42. The molecule has 0 spiro atoms. The Hall–Kier alpha value is -1.51. The van der Waals surface area contributed by atoms with Crippen LogP contribution in [-0.2, 0) is 12.8 Å². The number of rotatable bonds is 3. The van der Waals surface area contributed by atoms with Crippen molar-refractivity contribution in [3.8, 4) is 0 Å². The van der Waals surface area contributed by atoms with Crippen molar-refractivity contribution in [2.24, 2.45) is 0 Å². The molecule has 2 aromatic carbocycles. The van der Waals surface area contributed by atoms with Crippen LogP contribution < -0.4 is 0 Å². The predicted octanol–water partition coefficient (Wildman–Crippen LogP) is 5.14. The van der Waals surface area contributed by atoms with Crippen molar-refractivity contribution in [2.75, 3.05) is 18.3 Å². The molecule has 0 aliphatic heterocycles. The smallest absolute Gasteiger partial charge is 0.00174 e. The van der Waals surface area contributed by atoms with E-state index in [2.05, 4.69) is 54.6 Å². The summed E-state index contributed by atoms with van der Waals surface area (Å²) in [6.45, 7) is 0. The molecule has 0 aromatic heterocycles. The zero-order valence-corrected chi connectivity index (χ0v) is 14.2. The van der Waals surface area contributed by atoms with Crippen molar-refractivity contribution < 1.29 is 4.55 Å². The van der Waals surface area contributed by atoms with E-state index in [0.717, 1.165) is 25.0 Å². The molecular formula is C20H24OS. The van der Waals surface area contributed by atoms with Gasteiger partial charge in [0.25, 0.3) is 0 Å². The number of hydrogen-bond donors (Lipinski definition) is 1. The van der Waals surface area contributed by atoms with Crippen molar-refractivity contribution in [1.82, 2.24) is 0 Å². The highest BCUT2D eigenvalue weighted by Gasteiger charge is 2.17. The van der Waals surface area contributed by atoms with E-state index in [4.69, 9.17) is 0 Å². The van der Waals surface area contributed by atoms with Crippen molar-refractivity contribution >= 4 is 15.9 Å². The third-order valence-corrected chi connectivity index (χ3v) is 5.48. The molecule has 116 valence electrons. The third-order valence-electron chi connectivity index (χ3n) is 4.24. The van der Waals surface area contributed by atoms with Crippen LogP contribution in [-0.4, -0.2) is 22.8 Å². The van der Waals surface area contributed by atoms with E-state index in [-0.39, 0.29) is 0 Å². The summed E-state index contributed by atoms with van der Waals surface area (Å²) in [6, 6.07) is 17.5. The number of aryl methyl sites for hydroxylation is 2. The van der Waals surface area contributed by atoms with Gasteiger partial charge >= 0.3 is 0 Å². The van der Waals surface area contributed by atoms with Gasteiger partial charge in [-0.05, 0) is 59.6 Å². The molecule has 0 radical (unpaired) electrons. The zero-order valence-electron chi connectivity index (χ0n) is 13.4. The van der Waals surface area contributed by atoms with Crippen molar-refractivity contribution in [3.63, 3.8) is 0 Å². The largest absolute Gasteiger partial charge is 0.352 e. The summed E-state index contributed by atoms with van der Waals surface area (Å²) < 4.78 is 10.0. The molecule has 0 bridgehead atoms. The predicted molar refractivity (Wildman–Crippen MR) is 98.9 cm³/mol. The molecule has 2 heteroatoms. The van der Waals surface area contributed by atoms with E-state index in [9.17, 15) is 4.55 Å². The molecule has 1 N–H and O–H groups in total. The van der Waals surface area contributed by atoms with Gasteiger partial charge in [0.05, 0.1) is 0 Å². The average molecular weight is 312 g/mol. The van der Waals surface area contributed by atoms with Crippen LogP contribution in [0, 0.1) is 0 Å². The van der Waals surface area contributed by atoms with Crippen molar-refractivity contribution in [1.29, 1.82) is 0 Å².